The number of carbonyl (C=O) groups excluding carboxylic acids is 4. The quantitative estimate of drug-likeness (QED) is 0.299. The van der Waals surface area contributed by atoms with Crippen LogP contribution in [0.4, 0.5) is 10.5 Å². The fourth-order valence-corrected chi connectivity index (χ4v) is 2.65. The molecule has 0 spiro atoms. The molecule has 2 rings (SSSR count). The van der Waals surface area contributed by atoms with E-state index in [2.05, 4.69) is 20.9 Å². The van der Waals surface area contributed by atoms with E-state index in [9.17, 15) is 19.2 Å². The van der Waals surface area contributed by atoms with Gasteiger partial charge in [0, 0.05) is 20.0 Å². The normalized spacial score (nSPS) is 15.0. The average molecular weight is 405 g/mol. The molecule has 1 aromatic carbocycles. The van der Waals surface area contributed by atoms with Crippen LogP contribution < -0.4 is 16.2 Å². The second-order valence-corrected chi connectivity index (χ2v) is 6.69. The number of ether oxygens (including phenoxy) is 3. The van der Waals surface area contributed by atoms with Crippen molar-refractivity contribution in [3.05, 3.63) is 40.6 Å². The molecule has 10 heteroatoms. The zero-order valence-corrected chi connectivity index (χ0v) is 16.8. The van der Waals surface area contributed by atoms with E-state index in [0.717, 1.165) is 11.8 Å². The van der Waals surface area contributed by atoms with Crippen LogP contribution >= 0.6 is 0 Å². The maximum atomic E-state index is 12.5. The number of nitrogens with one attached hydrogen (secondary N) is 3. The van der Waals surface area contributed by atoms with E-state index in [1.165, 1.54) is 13.8 Å². The van der Waals surface area contributed by atoms with Crippen LogP contribution in [0.15, 0.2) is 23.9 Å². The van der Waals surface area contributed by atoms with E-state index >= 15 is 0 Å². The van der Waals surface area contributed by atoms with Crippen molar-refractivity contribution in [2.24, 2.45) is 0 Å². The molecule has 2 amide bonds. The van der Waals surface area contributed by atoms with Gasteiger partial charge in [-0.15, -0.1) is 0 Å². The minimum absolute atomic E-state index is 0.147. The van der Waals surface area contributed by atoms with Gasteiger partial charge in [-0.05, 0) is 38.0 Å². The SMILES string of the molecule is CCOC(=O)NNC(=O)c1c(C)cc(C)cc1NC=C1C(=O)OC(C)(C)OC1=O. The van der Waals surface area contributed by atoms with Crippen LogP contribution in [0.3, 0.4) is 0 Å². The van der Waals surface area contributed by atoms with Crippen molar-refractivity contribution in [2.75, 3.05) is 11.9 Å². The number of hydrazine groups is 1. The first kappa shape index (κ1) is 21.7. The summed E-state index contributed by atoms with van der Waals surface area (Å²) in [5.74, 6) is -3.67. The van der Waals surface area contributed by atoms with Gasteiger partial charge in [-0.2, -0.15) is 0 Å². The van der Waals surface area contributed by atoms with E-state index in [-0.39, 0.29) is 17.7 Å². The largest absolute Gasteiger partial charge is 0.449 e. The predicted molar refractivity (Wildman–Crippen MR) is 102 cm³/mol. The first-order valence-corrected chi connectivity index (χ1v) is 8.81. The summed E-state index contributed by atoms with van der Waals surface area (Å²) in [5.41, 5.74) is 5.96. The Hall–Kier alpha value is -3.56. The van der Waals surface area contributed by atoms with Crippen LogP contribution in [-0.4, -0.2) is 36.3 Å². The van der Waals surface area contributed by atoms with Gasteiger partial charge in [-0.1, -0.05) is 6.07 Å². The first-order valence-electron chi connectivity index (χ1n) is 8.81. The number of carbonyl (C=O) groups is 4. The third kappa shape index (κ3) is 5.47. The minimum atomic E-state index is -1.35. The van der Waals surface area contributed by atoms with Gasteiger partial charge in [-0.3, -0.25) is 10.2 Å². The summed E-state index contributed by atoms with van der Waals surface area (Å²) in [6.07, 6.45) is 0.307. The van der Waals surface area contributed by atoms with Gasteiger partial charge in [0.2, 0.25) is 0 Å². The Morgan fingerprint density at radius 3 is 2.31 bits per heavy atom. The summed E-state index contributed by atoms with van der Waals surface area (Å²) < 4.78 is 14.7. The van der Waals surface area contributed by atoms with Crippen LogP contribution in [0.2, 0.25) is 0 Å². The first-order chi connectivity index (χ1) is 13.5. The average Bonchev–Trinajstić information content (AvgIpc) is 2.57. The van der Waals surface area contributed by atoms with E-state index in [1.54, 1.807) is 26.0 Å². The van der Waals surface area contributed by atoms with E-state index < -0.39 is 29.7 Å². The monoisotopic (exact) mass is 405 g/mol. The molecule has 1 heterocycles. The molecule has 0 aliphatic carbocycles. The Labute approximate surface area is 167 Å². The van der Waals surface area contributed by atoms with Crippen LogP contribution in [-0.2, 0) is 23.8 Å². The molecule has 0 bridgehead atoms. The molecule has 0 atom stereocenters. The highest BCUT2D eigenvalue weighted by molar-refractivity contribution is 6.15. The van der Waals surface area contributed by atoms with Crippen LogP contribution in [0.1, 0.15) is 42.3 Å². The lowest BCUT2D eigenvalue weighted by molar-refractivity contribution is -0.222. The van der Waals surface area contributed by atoms with Crippen LogP contribution in [0.25, 0.3) is 0 Å². The topological polar surface area (TPSA) is 132 Å². The highest BCUT2D eigenvalue weighted by Gasteiger charge is 2.39. The lowest BCUT2D eigenvalue weighted by Crippen LogP contribution is -2.42. The number of cyclic esters (lactones) is 2. The Bertz CT molecular complexity index is 868. The highest BCUT2D eigenvalue weighted by Crippen LogP contribution is 2.25. The molecule has 0 saturated carbocycles. The Morgan fingerprint density at radius 2 is 1.72 bits per heavy atom. The van der Waals surface area contributed by atoms with Gasteiger partial charge >= 0.3 is 18.0 Å². The second kappa shape index (κ2) is 8.63. The molecule has 10 nitrogen and oxygen atoms in total. The third-order valence-corrected chi connectivity index (χ3v) is 3.75. The molecular weight excluding hydrogens is 382 g/mol. The van der Waals surface area contributed by atoms with E-state index in [0.29, 0.717) is 11.3 Å². The summed E-state index contributed by atoms with van der Waals surface area (Å²) in [7, 11) is 0. The van der Waals surface area contributed by atoms with Crippen LogP contribution in [0.5, 0.6) is 0 Å². The van der Waals surface area contributed by atoms with Crippen molar-refractivity contribution in [3.8, 4) is 0 Å². The zero-order valence-electron chi connectivity index (χ0n) is 16.8. The number of esters is 2. The summed E-state index contributed by atoms with van der Waals surface area (Å²) in [5, 5.41) is 2.78. The Morgan fingerprint density at radius 1 is 1.10 bits per heavy atom. The Kier molecular flexibility index (Phi) is 6.47. The molecule has 1 aliphatic rings. The lowest BCUT2D eigenvalue weighted by atomic mass is 10.0. The van der Waals surface area contributed by atoms with Crippen LogP contribution in [0, 0.1) is 13.8 Å². The lowest BCUT2D eigenvalue weighted by Gasteiger charge is -2.29. The molecule has 156 valence electrons. The highest BCUT2D eigenvalue weighted by atomic mass is 16.7. The smallest absolute Gasteiger partial charge is 0.426 e. The minimum Gasteiger partial charge on any atom is -0.449 e. The van der Waals surface area contributed by atoms with Gasteiger partial charge in [0.15, 0.2) is 5.57 Å². The molecule has 0 unspecified atom stereocenters. The molecule has 1 aliphatic heterocycles. The van der Waals surface area contributed by atoms with Gasteiger partial charge in [0.05, 0.1) is 17.9 Å². The number of amides is 2. The second-order valence-electron chi connectivity index (χ2n) is 6.69. The molecule has 1 aromatic rings. The predicted octanol–water partition coefficient (Wildman–Crippen LogP) is 1.83. The number of anilines is 1. The number of aryl methyl sites for hydroxylation is 2. The fourth-order valence-electron chi connectivity index (χ4n) is 2.65. The van der Waals surface area contributed by atoms with Crippen molar-refractivity contribution in [1.29, 1.82) is 0 Å². The Balaban J connectivity index is 2.27. The fraction of sp³-hybridized carbons (Fsp3) is 0.368. The molecule has 29 heavy (non-hydrogen) atoms. The third-order valence-electron chi connectivity index (χ3n) is 3.75. The molecule has 0 aromatic heterocycles. The summed E-state index contributed by atoms with van der Waals surface area (Å²) in [4.78, 5) is 48.1. The van der Waals surface area contributed by atoms with Gasteiger partial charge in [-0.25, -0.2) is 19.8 Å². The molecular formula is C19H23N3O7. The van der Waals surface area contributed by atoms with Crippen molar-refractivity contribution in [3.63, 3.8) is 0 Å². The van der Waals surface area contributed by atoms with E-state index in [4.69, 9.17) is 9.47 Å². The summed E-state index contributed by atoms with van der Waals surface area (Å²) in [6, 6.07) is 3.41. The van der Waals surface area contributed by atoms with Crippen molar-refractivity contribution in [2.45, 2.75) is 40.4 Å². The van der Waals surface area contributed by atoms with Crippen molar-refractivity contribution in [1.82, 2.24) is 10.9 Å². The number of hydrogen-bond acceptors (Lipinski definition) is 8. The number of rotatable bonds is 4. The van der Waals surface area contributed by atoms with Gasteiger partial charge in [0.25, 0.3) is 11.7 Å². The standard InChI is InChI=1S/C19H23N3O7/c1-6-27-18(26)22-21-15(23)14-11(3)7-10(2)8-13(14)20-9-12-16(24)28-19(4,5)29-17(12)25/h7-9,20H,6H2,1-5H3,(H,21,23)(H,22,26). The molecule has 1 saturated heterocycles. The molecule has 3 N–H and O–H groups in total. The summed E-state index contributed by atoms with van der Waals surface area (Å²) in [6.45, 7) is 8.18. The number of hydrogen-bond donors (Lipinski definition) is 3. The molecule has 0 radical (unpaired) electrons. The maximum Gasteiger partial charge on any atom is 0.426 e. The van der Waals surface area contributed by atoms with Gasteiger partial charge < -0.3 is 19.5 Å². The van der Waals surface area contributed by atoms with Crippen molar-refractivity contribution < 1.29 is 33.4 Å². The zero-order chi connectivity index (χ0) is 21.8. The number of benzene rings is 1. The summed E-state index contributed by atoms with van der Waals surface area (Å²) >= 11 is 0. The van der Waals surface area contributed by atoms with E-state index in [1.807, 2.05) is 6.92 Å². The van der Waals surface area contributed by atoms with Gasteiger partial charge in [0.1, 0.15) is 0 Å². The van der Waals surface area contributed by atoms with Crippen molar-refractivity contribution >= 4 is 29.6 Å². The molecule has 1 fully saturated rings. The maximum absolute atomic E-state index is 12.5.